The molecule has 0 aromatic carbocycles. The quantitative estimate of drug-likeness (QED) is 0.902. The van der Waals surface area contributed by atoms with Crippen LogP contribution in [0.4, 0.5) is 8.78 Å². The number of alkyl halides is 2. The van der Waals surface area contributed by atoms with Crippen LogP contribution in [-0.4, -0.2) is 37.8 Å². The van der Waals surface area contributed by atoms with Gasteiger partial charge in [0, 0.05) is 12.7 Å². The second-order valence-corrected chi connectivity index (χ2v) is 5.97. The summed E-state index contributed by atoms with van der Waals surface area (Å²) in [5.41, 5.74) is -0.399. The second-order valence-electron chi connectivity index (χ2n) is 5.97. The molecule has 1 aliphatic carbocycles. The lowest BCUT2D eigenvalue weighted by Gasteiger charge is -2.32. The zero-order chi connectivity index (χ0) is 16.4. The molecular formula is C15H18F2N4O2. The molecule has 23 heavy (non-hydrogen) atoms. The first-order valence-corrected chi connectivity index (χ1v) is 7.62. The molecule has 2 N–H and O–H groups in total. The fourth-order valence-electron chi connectivity index (χ4n) is 2.93. The van der Waals surface area contributed by atoms with Gasteiger partial charge in [-0.15, -0.1) is 10.2 Å². The number of nitrogens with one attached hydrogen (secondary N) is 1. The van der Waals surface area contributed by atoms with Gasteiger partial charge in [0.1, 0.15) is 0 Å². The number of aromatic nitrogens is 3. The van der Waals surface area contributed by atoms with Gasteiger partial charge in [0.15, 0.2) is 5.65 Å². The van der Waals surface area contributed by atoms with E-state index >= 15 is 0 Å². The standard InChI is InChI=1S/C15H18F2N4O2/c16-12(17)13-20-19-11-5-4-10(8-21(11)13)14(22)18-9-15(23)6-2-1-3-7-15/h4-5,8,12,23H,1-3,6-7,9H2,(H,18,22). The second kappa shape index (κ2) is 6.19. The lowest BCUT2D eigenvalue weighted by atomic mass is 9.85. The van der Waals surface area contributed by atoms with Gasteiger partial charge in [0.05, 0.1) is 11.2 Å². The van der Waals surface area contributed by atoms with Crippen molar-refractivity contribution in [2.24, 2.45) is 0 Å². The zero-order valence-corrected chi connectivity index (χ0v) is 12.5. The Hall–Kier alpha value is -2.09. The van der Waals surface area contributed by atoms with E-state index in [2.05, 4.69) is 15.5 Å². The molecule has 1 saturated carbocycles. The first kappa shape index (κ1) is 15.8. The predicted octanol–water partition coefficient (Wildman–Crippen LogP) is 2.09. The maximum Gasteiger partial charge on any atom is 0.297 e. The van der Waals surface area contributed by atoms with Crippen molar-refractivity contribution in [3.05, 3.63) is 29.7 Å². The van der Waals surface area contributed by atoms with Gasteiger partial charge in [0.25, 0.3) is 12.3 Å². The van der Waals surface area contributed by atoms with E-state index in [1.807, 2.05) is 0 Å². The number of carbonyl (C=O) groups is 1. The summed E-state index contributed by atoms with van der Waals surface area (Å²) in [5.74, 6) is -0.916. The van der Waals surface area contributed by atoms with E-state index in [4.69, 9.17) is 0 Å². The molecule has 2 aromatic heterocycles. The highest BCUT2D eigenvalue weighted by Gasteiger charge is 2.29. The van der Waals surface area contributed by atoms with Crippen LogP contribution in [0.25, 0.3) is 5.65 Å². The van der Waals surface area contributed by atoms with Gasteiger partial charge < -0.3 is 10.4 Å². The number of rotatable bonds is 4. The molecule has 0 spiro atoms. The predicted molar refractivity (Wildman–Crippen MR) is 78.3 cm³/mol. The van der Waals surface area contributed by atoms with E-state index in [1.54, 1.807) is 0 Å². The first-order chi connectivity index (χ1) is 11.0. The number of hydrogen-bond donors (Lipinski definition) is 2. The van der Waals surface area contributed by atoms with Crippen LogP contribution < -0.4 is 5.32 Å². The van der Waals surface area contributed by atoms with Crippen LogP contribution in [0.3, 0.4) is 0 Å². The van der Waals surface area contributed by atoms with E-state index in [0.717, 1.165) is 23.7 Å². The fourth-order valence-corrected chi connectivity index (χ4v) is 2.93. The normalized spacial score (nSPS) is 17.6. The molecule has 8 heteroatoms. The van der Waals surface area contributed by atoms with Crippen LogP contribution in [0, 0.1) is 0 Å². The van der Waals surface area contributed by atoms with Crippen molar-refractivity contribution in [1.82, 2.24) is 19.9 Å². The average Bonchev–Trinajstić information content (AvgIpc) is 2.96. The molecule has 0 atom stereocenters. The number of nitrogens with zero attached hydrogens (tertiary/aromatic N) is 3. The summed E-state index contributed by atoms with van der Waals surface area (Å²) in [5, 5.41) is 20.1. The molecule has 1 fully saturated rings. The van der Waals surface area contributed by atoms with Crippen LogP contribution in [-0.2, 0) is 0 Å². The van der Waals surface area contributed by atoms with Crippen molar-refractivity contribution in [2.75, 3.05) is 6.54 Å². The van der Waals surface area contributed by atoms with Crippen LogP contribution in [0.1, 0.15) is 54.7 Å². The molecule has 2 heterocycles. The Morgan fingerprint density at radius 2 is 2.04 bits per heavy atom. The molecular weight excluding hydrogens is 306 g/mol. The molecule has 0 unspecified atom stereocenters. The molecule has 2 aromatic rings. The molecule has 6 nitrogen and oxygen atoms in total. The molecule has 0 radical (unpaired) electrons. The maximum atomic E-state index is 12.8. The summed E-state index contributed by atoms with van der Waals surface area (Å²) in [6, 6.07) is 2.96. The van der Waals surface area contributed by atoms with Gasteiger partial charge in [-0.25, -0.2) is 8.78 Å². The van der Waals surface area contributed by atoms with E-state index < -0.39 is 23.8 Å². The number of carbonyl (C=O) groups excluding carboxylic acids is 1. The largest absolute Gasteiger partial charge is 0.388 e. The summed E-state index contributed by atoms with van der Waals surface area (Å²) in [6.07, 6.45) is 2.81. The highest BCUT2D eigenvalue weighted by Crippen LogP contribution is 2.27. The minimum atomic E-state index is -2.77. The number of pyridine rings is 1. The molecule has 0 aliphatic heterocycles. The molecule has 124 valence electrons. The monoisotopic (exact) mass is 324 g/mol. The Kier molecular flexibility index (Phi) is 4.25. The molecule has 1 aliphatic rings. The first-order valence-electron chi connectivity index (χ1n) is 7.62. The van der Waals surface area contributed by atoms with Crippen molar-refractivity contribution in [2.45, 2.75) is 44.1 Å². The lowest BCUT2D eigenvalue weighted by molar-refractivity contribution is 0.00525. The van der Waals surface area contributed by atoms with Crippen LogP contribution >= 0.6 is 0 Å². The van der Waals surface area contributed by atoms with Gasteiger partial charge in [-0.3, -0.25) is 9.20 Å². The van der Waals surface area contributed by atoms with Crippen molar-refractivity contribution in [3.63, 3.8) is 0 Å². The van der Waals surface area contributed by atoms with E-state index in [1.165, 1.54) is 18.3 Å². The van der Waals surface area contributed by atoms with Crippen molar-refractivity contribution in [1.29, 1.82) is 0 Å². The van der Waals surface area contributed by atoms with Crippen LogP contribution in [0.15, 0.2) is 18.3 Å². The smallest absolute Gasteiger partial charge is 0.297 e. The topological polar surface area (TPSA) is 79.5 Å². The summed E-state index contributed by atoms with van der Waals surface area (Å²) < 4.78 is 26.8. The number of hydrogen-bond acceptors (Lipinski definition) is 4. The number of halogens is 2. The summed E-state index contributed by atoms with van der Waals surface area (Å²) in [4.78, 5) is 12.2. The van der Waals surface area contributed by atoms with Crippen molar-refractivity contribution < 1.29 is 18.7 Å². The fraction of sp³-hybridized carbons (Fsp3) is 0.533. The van der Waals surface area contributed by atoms with Crippen molar-refractivity contribution in [3.8, 4) is 0 Å². The molecule has 0 bridgehead atoms. The third-order valence-corrected chi connectivity index (χ3v) is 4.25. The zero-order valence-electron chi connectivity index (χ0n) is 12.5. The summed E-state index contributed by atoms with van der Waals surface area (Å²) >= 11 is 0. The Labute approximate surface area is 131 Å². The highest BCUT2D eigenvalue weighted by molar-refractivity contribution is 5.94. The average molecular weight is 324 g/mol. The van der Waals surface area contributed by atoms with Crippen LogP contribution in [0.5, 0.6) is 0 Å². The molecule has 1 amide bonds. The Balaban J connectivity index is 1.74. The number of fused-ring (bicyclic) bond motifs is 1. The molecule has 3 rings (SSSR count). The van der Waals surface area contributed by atoms with Gasteiger partial charge in [-0.2, -0.15) is 0 Å². The Morgan fingerprint density at radius 3 is 2.74 bits per heavy atom. The summed E-state index contributed by atoms with van der Waals surface area (Å²) in [6.45, 7) is 0.160. The Bertz CT molecular complexity index is 711. The minimum absolute atomic E-state index is 0.160. The van der Waals surface area contributed by atoms with E-state index in [0.29, 0.717) is 12.8 Å². The third-order valence-electron chi connectivity index (χ3n) is 4.25. The van der Waals surface area contributed by atoms with Gasteiger partial charge in [-0.1, -0.05) is 19.3 Å². The van der Waals surface area contributed by atoms with Crippen LogP contribution in [0.2, 0.25) is 0 Å². The number of amides is 1. The third kappa shape index (κ3) is 3.31. The van der Waals surface area contributed by atoms with Gasteiger partial charge in [-0.05, 0) is 25.0 Å². The lowest BCUT2D eigenvalue weighted by Crippen LogP contribution is -2.44. The maximum absolute atomic E-state index is 12.8. The Morgan fingerprint density at radius 1 is 1.30 bits per heavy atom. The minimum Gasteiger partial charge on any atom is -0.388 e. The van der Waals surface area contributed by atoms with Crippen molar-refractivity contribution >= 4 is 11.6 Å². The molecule has 0 saturated heterocycles. The van der Waals surface area contributed by atoms with Gasteiger partial charge in [0.2, 0.25) is 5.82 Å². The SMILES string of the molecule is O=C(NCC1(O)CCCCC1)c1ccc2nnc(C(F)F)n2c1. The summed E-state index contributed by atoms with van der Waals surface area (Å²) in [7, 11) is 0. The highest BCUT2D eigenvalue weighted by atomic mass is 19.3. The van der Waals surface area contributed by atoms with E-state index in [9.17, 15) is 18.7 Å². The van der Waals surface area contributed by atoms with Gasteiger partial charge >= 0.3 is 0 Å². The van der Waals surface area contributed by atoms with E-state index in [-0.39, 0.29) is 17.8 Å². The number of aliphatic hydroxyl groups is 1.